The van der Waals surface area contributed by atoms with E-state index >= 15 is 0 Å². The van der Waals surface area contributed by atoms with Crippen molar-refractivity contribution in [3.63, 3.8) is 0 Å². The second kappa shape index (κ2) is 6.64. The molecule has 2 saturated heterocycles. The third-order valence-electron chi connectivity index (χ3n) is 4.47. The Morgan fingerprint density at radius 1 is 1.27 bits per heavy atom. The fourth-order valence-electron chi connectivity index (χ4n) is 3.38. The van der Waals surface area contributed by atoms with E-state index in [2.05, 4.69) is 24.9 Å². The molecule has 2 atom stereocenters. The molecule has 0 saturated carbocycles. The quantitative estimate of drug-likeness (QED) is 0.878. The first-order chi connectivity index (χ1) is 12.5. The number of piperazine rings is 1. The minimum atomic E-state index is -4.72. The number of hydrogen-bond donors (Lipinski definition) is 1. The van der Waals surface area contributed by atoms with Gasteiger partial charge in [-0.3, -0.25) is 4.98 Å². The predicted octanol–water partition coefficient (Wildman–Crippen LogP) is 2.50. The van der Waals surface area contributed by atoms with E-state index < -0.39 is 6.36 Å². The molecule has 0 aliphatic carbocycles. The minimum absolute atomic E-state index is 0.0702. The van der Waals surface area contributed by atoms with E-state index in [1.807, 2.05) is 0 Å². The lowest BCUT2D eigenvalue weighted by molar-refractivity contribution is -0.274. The first-order valence-corrected chi connectivity index (χ1v) is 8.26. The highest BCUT2D eigenvalue weighted by atomic mass is 19.4. The average Bonchev–Trinajstić information content (AvgIpc) is 3.22. The van der Waals surface area contributed by atoms with Crippen LogP contribution in [0.2, 0.25) is 0 Å². The van der Waals surface area contributed by atoms with Crippen molar-refractivity contribution >= 4 is 5.82 Å². The lowest BCUT2D eigenvalue weighted by atomic mass is 10.2. The first kappa shape index (κ1) is 16.9. The zero-order valence-corrected chi connectivity index (χ0v) is 13.7. The third-order valence-corrected chi connectivity index (χ3v) is 4.47. The van der Waals surface area contributed by atoms with Crippen LogP contribution < -0.4 is 19.7 Å². The Hall–Kier alpha value is -2.55. The minimum Gasteiger partial charge on any atom is -0.472 e. The van der Waals surface area contributed by atoms with E-state index in [1.54, 1.807) is 12.3 Å². The number of benzene rings is 1. The number of alkyl halides is 3. The summed E-state index contributed by atoms with van der Waals surface area (Å²) in [5.41, 5.74) is 0.545. The third kappa shape index (κ3) is 3.82. The molecule has 1 N–H and O–H groups in total. The topological polar surface area (TPSA) is 59.5 Å². The van der Waals surface area contributed by atoms with Crippen molar-refractivity contribution in [1.29, 1.82) is 0 Å². The number of aromatic nitrogens is 2. The summed E-state index contributed by atoms with van der Waals surface area (Å²) in [5, 5.41) is 3.43. The standard InChI is InChI=1S/C17H17F3N4O2/c18-17(19,20)26-14-3-1-2-11(4-14)10-25-16-8-21-7-15(23-16)24-9-12-5-13(24)6-22-12/h1-4,7-8,12-13,22H,5-6,9-10H2/t12-,13-/m0/s1. The lowest BCUT2D eigenvalue weighted by Crippen LogP contribution is -2.44. The van der Waals surface area contributed by atoms with Gasteiger partial charge in [0.25, 0.3) is 0 Å². The normalized spacial score (nSPS) is 21.9. The van der Waals surface area contributed by atoms with Crippen molar-refractivity contribution < 1.29 is 22.6 Å². The second-order valence-electron chi connectivity index (χ2n) is 6.35. The molecule has 2 bridgehead atoms. The number of nitrogens with one attached hydrogen (secondary N) is 1. The maximum Gasteiger partial charge on any atom is 0.573 e. The number of rotatable bonds is 5. The highest BCUT2D eigenvalue weighted by Gasteiger charge is 2.38. The maximum atomic E-state index is 12.3. The van der Waals surface area contributed by atoms with Crippen molar-refractivity contribution in [3.8, 4) is 11.6 Å². The molecule has 1 aromatic heterocycles. The molecule has 26 heavy (non-hydrogen) atoms. The Morgan fingerprint density at radius 2 is 2.15 bits per heavy atom. The molecule has 2 fully saturated rings. The Bertz CT molecular complexity index is 787. The molecule has 138 valence electrons. The Morgan fingerprint density at radius 3 is 2.88 bits per heavy atom. The van der Waals surface area contributed by atoms with Gasteiger partial charge < -0.3 is 19.7 Å². The summed E-state index contributed by atoms with van der Waals surface area (Å²) >= 11 is 0. The molecule has 6 nitrogen and oxygen atoms in total. The molecule has 1 aromatic carbocycles. The van der Waals surface area contributed by atoms with Gasteiger partial charge in [0.2, 0.25) is 5.88 Å². The summed E-state index contributed by atoms with van der Waals surface area (Å²) in [4.78, 5) is 10.8. The molecule has 4 rings (SSSR count). The first-order valence-electron chi connectivity index (χ1n) is 8.26. The van der Waals surface area contributed by atoms with Crippen LogP contribution >= 0.6 is 0 Å². The van der Waals surface area contributed by atoms with Crippen molar-refractivity contribution in [2.75, 3.05) is 18.0 Å². The highest BCUT2D eigenvalue weighted by molar-refractivity contribution is 5.42. The molecular formula is C17H17F3N4O2. The summed E-state index contributed by atoms with van der Waals surface area (Å²) in [6.07, 6.45) is -0.431. The van der Waals surface area contributed by atoms with Crippen LogP contribution in [0.25, 0.3) is 0 Å². The molecule has 0 spiro atoms. The Labute approximate surface area is 148 Å². The van der Waals surface area contributed by atoms with Gasteiger partial charge in [-0.25, -0.2) is 0 Å². The van der Waals surface area contributed by atoms with Gasteiger partial charge in [0.15, 0.2) is 5.82 Å². The van der Waals surface area contributed by atoms with E-state index in [1.165, 1.54) is 24.4 Å². The van der Waals surface area contributed by atoms with Crippen molar-refractivity contribution in [3.05, 3.63) is 42.2 Å². The molecule has 2 aromatic rings. The smallest absolute Gasteiger partial charge is 0.472 e. The summed E-state index contributed by atoms with van der Waals surface area (Å²) in [7, 11) is 0. The molecule has 2 aliphatic rings. The van der Waals surface area contributed by atoms with E-state index in [4.69, 9.17) is 4.74 Å². The molecule has 0 radical (unpaired) electrons. The lowest BCUT2D eigenvalue weighted by Gasteiger charge is -2.28. The van der Waals surface area contributed by atoms with Crippen LogP contribution in [0.15, 0.2) is 36.7 Å². The monoisotopic (exact) mass is 366 g/mol. The number of nitrogens with zero attached hydrogens (tertiary/aromatic N) is 3. The van der Waals surface area contributed by atoms with E-state index in [-0.39, 0.29) is 12.4 Å². The van der Waals surface area contributed by atoms with Crippen LogP contribution in [0, 0.1) is 0 Å². The van der Waals surface area contributed by atoms with E-state index in [0.29, 0.717) is 23.5 Å². The van der Waals surface area contributed by atoms with Gasteiger partial charge >= 0.3 is 6.36 Å². The zero-order chi connectivity index (χ0) is 18.1. The highest BCUT2D eigenvalue weighted by Crippen LogP contribution is 2.29. The van der Waals surface area contributed by atoms with Gasteiger partial charge in [-0.1, -0.05) is 12.1 Å². The van der Waals surface area contributed by atoms with Crippen molar-refractivity contribution in [1.82, 2.24) is 15.3 Å². The summed E-state index contributed by atoms with van der Waals surface area (Å²) in [6, 6.07) is 6.58. The van der Waals surface area contributed by atoms with Crippen LogP contribution in [0.4, 0.5) is 19.0 Å². The number of anilines is 1. The SMILES string of the molecule is FC(F)(F)Oc1cccc(COc2cncc(N3C[C@@H]4C[C@H]3CN4)n2)c1. The van der Waals surface area contributed by atoms with E-state index in [9.17, 15) is 13.2 Å². The van der Waals surface area contributed by atoms with Crippen LogP contribution in [0.3, 0.4) is 0 Å². The molecule has 0 amide bonds. The van der Waals surface area contributed by atoms with Crippen molar-refractivity contribution in [2.45, 2.75) is 31.5 Å². The Balaban J connectivity index is 1.41. The van der Waals surface area contributed by atoms with E-state index in [0.717, 1.165) is 25.3 Å². The summed E-state index contributed by atoms with van der Waals surface area (Å²) in [6.45, 7) is 1.89. The van der Waals surface area contributed by atoms with Crippen LogP contribution in [-0.2, 0) is 6.61 Å². The van der Waals surface area contributed by atoms with Crippen LogP contribution in [0.1, 0.15) is 12.0 Å². The fraction of sp³-hybridized carbons (Fsp3) is 0.412. The molecular weight excluding hydrogens is 349 g/mol. The molecule has 3 heterocycles. The van der Waals surface area contributed by atoms with Gasteiger partial charge in [0, 0.05) is 25.2 Å². The van der Waals surface area contributed by atoms with Crippen molar-refractivity contribution in [2.24, 2.45) is 0 Å². The van der Waals surface area contributed by atoms with Gasteiger partial charge in [-0.15, -0.1) is 13.2 Å². The predicted molar refractivity (Wildman–Crippen MR) is 87.0 cm³/mol. The number of ether oxygens (including phenoxy) is 2. The Kier molecular flexibility index (Phi) is 4.31. The van der Waals surface area contributed by atoms with Gasteiger partial charge in [0.05, 0.1) is 12.4 Å². The van der Waals surface area contributed by atoms with Gasteiger partial charge in [-0.2, -0.15) is 4.98 Å². The molecule has 9 heteroatoms. The van der Waals surface area contributed by atoms with Crippen LogP contribution in [0.5, 0.6) is 11.6 Å². The van der Waals surface area contributed by atoms with Gasteiger partial charge in [0.1, 0.15) is 12.4 Å². The zero-order valence-electron chi connectivity index (χ0n) is 13.7. The number of hydrogen-bond acceptors (Lipinski definition) is 6. The van der Waals surface area contributed by atoms with Gasteiger partial charge in [-0.05, 0) is 24.1 Å². The fourth-order valence-corrected chi connectivity index (χ4v) is 3.38. The molecule has 0 unspecified atom stereocenters. The second-order valence-corrected chi connectivity index (χ2v) is 6.35. The number of fused-ring (bicyclic) bond motifs is 2. The average molecular weight is 366 g/mol. The molecule has 2 aliphatic heterocycles. The maximum absolute atomic E-state index is 12.3. The summed E-state index contributed by atoms with van der Waals surface area (Å²) in [5.74, 6) is 0.810. The number of halogens is 3. The van der Waals surface area contributed by atoms with Crippen LogP contribution in [-0.4, -0.2) is 41.5 Å². The summed E-state index contributed by atoms with van der Waals surface area (Å²) < 4.78 is 46.4. The largest absolute Gasteiger partial charge is 0.573 e.